The van der Waals surface area contributed by atoms with E-state index in [-0.39, 0.29) is 54.5 Å². The number of sulfonamides is 1. The van der Waals surface area contributed by atoms with Gasteiger partial charge in [0.05, 0.1) is 17.0 Å². The summed E-state index contributed by atoms with van der Waals surface area (Å²) in [6, 6.07) is 10.9. The molecule has 0 saturated carbocycles. The zero-order valence-electron chi connectivity index (χ0n) is 20.8. The molecular weight excluding hydrogens is 545 g/mol. The Hall–Kier alpha value is -2.00. The fourth-order valence-corrected chi connectivity index (χ4v) is 5.28. The number of carbonyl (C=O) groups excluding carboxylic acids is 2. The lowest BCUT2D eigenvalue weighted by atomic mass is 10.1. The van der Waals surface area contributed by atoms with E-state index in [2.05, 4.69) is 5.32 Å². The van der Waals surface area contributed by atoms with Crippen molar-refractivity contribution in [2.24, 2.45) is 0 Å². The number of carbonyl (C=O) groups is 2. The maximum Gasteiger partial charge on any atom is 0.243 e. The van der Waals surface area contributed by atoms with Crippen LogP contribution < -0.4 is 9.62 Å². The van der Waals surface area contributed by atoms with Crippen LogP contribution in [0.15, 0.2) is 42.5 Å². The van der Waals surface area contributed by atoms with Crippen LogP contribution in [0.4, 0.5) is 5.69 Å². The zero-order valence-corrected chi connectivity index (χ0v) is 23.9. The van der Waals surface area contributed by atoms with E-state index in [1.54, 1.807) is 18.2 Å². The molecule has 0 radical (unpaired) electrons. The Balaban J connectivity index is 2.24. The summed E-state index contributed by atoms with van der Waals surface area (Å²) in [4.78, 5) is 27.8. The van der Waals surface area contributed by atoms with Crippen LogP contribution in [0.2, 0.25) is 15.1 Å². The van der Waals surface area contributed by atoms with Crippen molar-refractivity contribution in [2.45, 2.75) is 58.7 Å². The summed E-state index contributed by atoms with van der Waals surface area (Å²) < 4.78 is 26.1. The highest BCUT2D eigenvalue weighted by molar-refractivity contribution is 7.92. The average molecular weight is 577 g/mol. The van der Waals surface area contributed by atoms with Crippen molar-refractivity contribution in [3.63, 3.8) is 0 Å². The molecule has 7 nitrogen and oxygen atoms in total. The molecule has 11 heteroatoms. The van der Waals surface area contributed by atoms with Gasteiger partial charge in [-0.25, -0.2) is 8.42 Å². The molecule has 0 fully saturated rings. The predicted molar refractivity (Wildman–Crippen MR) is 147 cm³/mol. The molecule has 1 atom stereocenters. The monoisotopic (exact) mass is 575 g/mol. The van der Waals surface area contributed by atoms with Gasteiger partial charge in [-0.15, -0.1) is 0 Å². The molecule has 0 aliphatic heterocycles. The average Bonchev–Trinajstić information content (AvgIpc) is 2.78. The van der Waals surface area contributed by atoms with Gasteiger partial charge in [0.15, 0.2) is 0 Å². The van der Waals surface area contributed by atoms with Crippen LogP contribution >= 0.6 is 34.8 Å². The van der Waals surface area contributed by atoms with Crippen molar-refractivity contribution >= 4 is 62.3 Å². The number of anilines is 1. The van der Waals surface area contributed by atoms with Crippen LogP contribution in [0.25, 0.3) is 0 Å². The van der Waals surface area contributed by atoms with Crippen molar-refractivity contribution in [2.75, 3.05) is 17.1 Å². The molecule has 0 unspecified atom stereocenters. The lowest BCUT2D eigenvalue weighted by Crippen LogP contribution is -2.50. The van der Waals surface area contributed by atoms with E-state index in [4.69, 9.17) is 34.8 Å². The second kappa shape index (κ2) is 13.5. The molecule has 2 aromatic rings. The lowest BCUT2D eigenvalue weighted by Gasteiger charge is -2.31. The molecule has 36 heavy (non-hydrogen) atoms. The molecule has 2 amide bonds. The van der Waals surface area contributed by atoms with E-state index in [1.807, 2.05) is 32.9 Å². The zero-order chi connectivity index (χ0) is 27.0. The number of nitrogens with one attached hydrogen (secondary N) is 1. The van der Waals surface area contributed by atoms with Crippen molar-refractivity contribution in [3.8, 4) is 0 Å². The van der Waals surface area contributed by atoms with Gasteiger partial charge in [-0.3, -0.25) is 13.9 Å². The van der Waals surface area contributed by atoms with Crippen molar-refractivity contribution in [1.82, 2.24) is 10.2 Å². The van der Waals surface area contributed by atoms with Crippen LogP contribution in [0.1, 0.15) is 45.6 Å². The minimum atomic E-state index is -3.69. The third-order valence-electron chi connectivity index (χ3n) is 5.41. The summed E-state index contributed by atoms with van der Waals surface area (Å²) in [5.41, 5.74) is 1.08. The van der Waals surface area contributed by atoms with Gasteiger partial charge in [0, 0.05) is 35.6 Å². The third kappa shape index (κ3) is 8.83. The quantitative estimate of drug-likeness (QED) is 0.360. The number of rotatable bonds is 12. The third-order valence-corrected chi connectivity index (χ3v) is 7.40. The van der Waals surface area contributed by atoms with Crippen molar-refractivity contribution in [1.29, 1.82) is 0 Å². The summed E-state index contributed by atoms with van der Waals surface area (Å²) in [5.74, 6) is -0.500. The fourth-order valence-electron chi connectivity index (χ4n) is 3.75. The van der Waals surface area contributed by atoms with Crippen LogP contribution in [-0.4, -0.2) is 50.0 Å². The molecule has 0 spiro atoms. The van der Waals surface area contributed by atoms with Gasteiger partial charge in [0.1, 0.15) is 6.04 Å². The highest BCUT2D eigenvalue weighted by Crippen LogP contribution is 2.31. The first-order chi connectivity index (χ1) is 16.8. The van der Waals surface area contributed by atoms with Crippen molar-refractivity contribution in [3.05, 3.63) is 63.1 Å². The molecule has 0 aliphatic rings. The van der Waals surface area contributed by atoms with Crippen LogP contribution in [0.3, 0.4) is 0 Å². The number of nitrogens with zero attached hydrogens (tertiary/aromatic N) is 2. The number of hydrogen-bond donors (Lipinski definition) is 1. The topological polar surface area (TPSA) is 86.8 Å². The Kier molecular flexibility index (Phi) is 11.3. The molecule has 0 heterocycles. The summed E-state index contributed by atoms with van der Waals surface area (Å²) in [6.07, 6.45) is 1.74. The van der Waals surface area contributed by atoms with Crippen LogP contribution in [0, 0.1) is 0 Å². The van der Waals surface area contributed by atoms with E-state index in [0.717, 1.165) is 16.1 Å². The minimum absolute atomic E-state index is 0.0222. The highest BCUT2D eigenvalue weighted by atomic mass is 35.5. The molecule has 0 saturated heterocycles. The van der Waals surface area contributed by atoms with Gasteiger partial charge >= 0.3 is 0 Å². The molecule has 2 rings (SSSR count). The number of hydrogen-bond acceptors (Lipinski definition) is 4. The van der Waals surface area contributed by atoms with Gasteiger partial charge < -0.3 is 10.2 Å². The number of halogens is 3. The Morgan fingerprint density at radius 1 is 1.00 bits per heavy atom. The SMILES string of the molecule is CC[C@@H](C(=O)NC(C)C)N(Cc1ccc(Cl)cc1)C(=O)CCCN(c1cc(Cl)ccc1Cl)S(C)(=O)=O. The summed E-state index contributed by atoms with van der Waals surface area (Å²) >= 11 is 18.3. The van der Waals surface area contributed by atoms with E-state index < -0.39 is 16.1 Å². The Labute approximate surface area is 228 Å². The largest absolute Gasteiger partial charge is 0.352 e. The maximum atomic E-state index is 13.4. The Bertz CT molecular complexity index is 1160. The van der Waals surface area contributed by atoms with Crippen molar-refractivity contribution < 1.29 is 18.0 Å². The van der Waals surface area contributed by atoms with E-state index in [1.165, 1.54) is 17.0 Å². The highest BCUT2D eigenvalue weighted by Gasteiger charge is 2.29. The Morgan fingerprint density at radius 3 is 2.17 bits per heavy atom. The van der Waals surface area contributed by atoms with E-state index in [0.29, 0.717) is 16.5 Å². The molecule has 1 N–H and O–H groups in total. The van der Waals surface area contributed by atoms with E-state index >= 15 is 0 Å². The molecule has 0 bridgehead atoms. The van der Waals surface area contributed by atoms with E-state index in [9.17, 15) is 18.0 Å². The molecule has 2 aromatic carbocycles. The van der Waals surface area contributed by atoms with Gasteiger partial charge in [0.25, 0.3) is 0 Å². The number of benzene rings is 2. The van der Waals surface area contributed by atoms with Gasteiger partial charge in [-0.2, -0.15) is 0 Å². The minimum Gasteiger partial charge on any atom is -0.352 e. The first-order valence-corrected chi connectivity index (χ1v) is 14.6. The predicted octanol–water partition coefficient (Wildman–Crippen LogP) is 5.53. The fraction of sp³-hybridized carbons (Fsp3) is 0.440. The normalized spacial score (nSPS) is 12.3. The second-order valence-electron chi connectivity index (χ2n) is 8.77. The molecule has 0 aromatic heterocycles. The summed E-state index contributed by atoms with van der Waals surface area (Å²) in [6.45, 7) is 5.80. The standard InChI is InChI=1S/C25H32Cl3N3O4S/c1-5-22(25(33)29-17(2)3)30(16-18-8-10-19(26)11-9-18)24(32)7-6-14-31(36(4,34)35)23-15-20(27)12-13-21(23)28/h8-13,15,17,22H,5-7,14,16H2,1-4H3,(H,29,33)/t22-/m0/s1. The summed E-state index contributed by atoms with van der Waals surface area (Å²) in [5, 5.41) is 4.03. The summed E-state index contributed by atoms with van der Waals surface area (Å²) in [7, 11) is -3.69. The smallest absolute Gasteiger partial charge is 0.243 e. The molecule has 0 aliphatic carbocycles. The first-order valence-electron chi connectivity index (χ1n) is 11.6. The second-order valence-corrected chi connectivity index (χ2v) is 12.0. The van der Waals surface area contributed by atoms with Crippen LogP contribution in [-0.2, 0) is 26.2 Å². The number of amides is 2. The maximum absolute atomic E-state index is 13.4. The van der Waals surface area contributed by atoms with Crippen LogP contribution in [0.5, 0.6) is 0 Å². The van der Waals surface area contributed by atoms with Gasteiger partial charge in [-0.05, 0) is 62.6 Å². The van der Waals surface area contributed by atoms with Gasteiger partial charge in [0.2, 0.25) is 21.8 Å². The molecular formula is C25H32Cl3N3O4S. The molecule has 198 valence electrons. The first kappa shape index (κ1) is 30.2. The lowest BCUT2D eigenvalue weighted by molar-refractivity contribution is -0.141. The van der Waals surface area contributed by atoms with Gasteiger partial charge in [-0.1, -0.05) is 53.9 Å². The Morgan fingerprint density at radius 2 is 1.61 bits per heavy atom.